The van der Waals surface area contributed by atoms with Crippen molar-refractivity contribution in [1.82, 2.24) is 19.9 Å². The van der Waals surface area contributed by atoms with Crippen molar-refractivity contribution in [3.05, 3.63) is 133 Å². The molecule has 0 radical (unpaired) electrons. The van der Waals surface area contributed by atoms with Gasteiger partial charge in [-0.1, -0.05) is 79.9 Å². The highest BCUT2D eigenvalue weighted by atomic mass is 14.8. The van der Waals surface area contributed by atoms with Crippen molar-refractivity contribution < 1.29 is 0 Å². The van der Waals surface area contributed by atoms with E-state index in [0.29, 0.717) is 0 Å². The second kappa shape index (κ2) is 10.1. The Labute approximate surface area is 246 Å². The zero-order valence-corrected chi connectivity index (χ0v) is 23.4. The summed E-state index contributed by atoms with van der Waals surface area (Å²) in [7, 11) is 0. The first-order chi connectivity index (χ1) is 20.8. The van der Waals surface area contributed by atoms with E-state index in [1.54, 1.807) is 12.7 Å². The van der Waals surface area contributed by atoms with Gasteiger partial charge in [-0.05, 0) is 92.7 Å². The van der Waals surface area contributed by atoms with Gasteiger partial charge in [-0.3, -0.25) is 0 Å². The largest absolute Gasteiger partial charge is 0.244 e. The minimum atomic E-state index is 0.125. The number of fused-ring (bicyclic) bond motifs is 5. The van der Waals surface area contributed by atoms with Gasteiger partial charge in [-0.25, -0.2) is 19.9 Å². The third-order valence-electron chi connectivity index (χ3n) is 9.23. The molecule has 8 rings (SSSR count). The van der Waals surface area contributed by atoms with Crippen LogP contribution in [-0.4, -0.2) is 19.9 Å². The Balaban J connectivity index is 1.35. The Kier molecular flexibility index (Phi) is 5.99. The topological polar surface area (TPSA) is 51.6 Å². The zero-order valence-electron chi connectivity index (χ0n) is 23.4. The molecular formula is C38H30N4. The summed E-state index contributed by atoms with van der Waals surface area (Å²) in [6, 6.07) is 31.6. The Morgan fingerprint density at radius 3 is 1.69 bits per heavy atom. The summed E-state index contributed by atoms with van der Waals surface area (Å²) < 4.78 is 0. The molecule has 1 fully saturated rings. The summed E-state index contributed by atoms with van der Waals surface area (Å²) in [6.07, 6.45) is 17.0. The van der Waals surface area contributed by atoms with Crippen LogP contribution in [-0.2, 0) is 5.41 Å². The minimum Gasteiger partial charge on any atom is -0.244 e. The highest BCUT2D eigenvalue weighted by Gasteiger charge is 2.44. The van der Waals surface area contributed by atoms with Crippen LogP contribution in [0.2, 0.25) is 0 Å². The van der Waals surface area contributed by atoms with E-state index in [2.05, 4.69) is 105 Å². The normalized spacial score (nSPS) is 14.9. The van der Waals surface area contributed by atoms with E-state index in [9.17, 15) is 0 Å². The number of rotatable bonds is 4. The smallest absolute Gasteiger partial charge is 0.115 e. The van der Waals surface area contributed by atoms with E-state index in [0.717, 1.165) is 33.4 Å². The Morgan fingerprint density at radius 2 is 0.952 bits per heavy atom. The molecule has 0 saturated heterocycles. The van der Waals surface area contributed by atoms with Crippen molar-refractivity contribution in [1.29, 1.82) is 0 Å². The van der Waals surface area contributed by atoms with Gasteiger partial charge < -0.3 is 0 Å². The predicted molar refractivity (Wildman–Crippen MR) is 169 cm³/mol. The van der Waals surface area contributed by atoms with Gasteiger partial charge in [0.25, 0.3) is 0 Å². The summed E-state index contributed by atoms with van der Waals surface area (Å²) in [6.45, 7) is 0. The van der Waals surface area contributed by atoms with Gasteiger partial charge in [-0.2, -0.15) is 0 Å². The number of hydrogen-bond donors (Lipinski definition) is 0. The van der Waals surface area contributed by atoms with Gasteiger partial charge >= 0.3 is 0 Å². The van der Waals surface area contributed by atoms with Crippen LogP contribution in [0.25, 0.3) is 55.6 Å². The molecule has 0 N–H and O–H groups in total. The van der Waals surface area contributed by atoms with E-state index >= 15 is 0 Å². The van der Waals surface area contributed by atoms with Crippen LogP contribution in [0, 0.1) is 0 Å². The van der Waals surface area contributed by atoms with E-state index in [4.69, 9.17) is 0 Å². The molecule has 202 valence electrons. The van der Waals surface area contributed by atoms with Gasteiger partial charge in [0, 0.05) is 41.3 Å². The fourth-order valence-electron chi connectivity index (χ4n) is 7.33. The first-order valence-corrected chi connectivity index (χ1v) is 14.8. The van der Waals surface area contributed by atoms with E-state index < -0.39 is 0 Å². The number of benzene rings is 4. The van der Waals surface area contributed by atoms with Crippen LogP contribution < -0.4 is 0 Å². The molecular weight excluding hydrogens is 512 g/mol. The molecule has 2 aliphatic rings. The second-order valence-corrected chi connectivity index (χ2v) is 11.6. The van der Waals surface area contributed by atoms with Crippen LogP contribution in [0.15, 0.2) is 122 Å². The molecule has 1 spiro atoms. The SMILES string of the molecule is c1cc(-c2cncnc2)cc(-c2cc(-c3cncnc3)cc(-c3cccc4c3-c3ccccc3C43CCCCC3)c2)c1. The van der Waals surface area contributed by atoms with Crippen molar-refractivity contribution in [3.63, 3.8) is 0 Å². The Bertz CT molecular complexity index is 1910. The lowest BCUT2D eigenvalue weighted by Gasteiger charge is -2.36. The van der Waals surface area contributed by atoms with Crippen molar-refractivity contribution in [2.45, 2.75) is 37.5 Å². The molecule has 2 aromatic heterocycles. The van der Waals surface area contributed by atoms with Crippen LogP contribution in [0.5, 0.6) is 0 Å². The first kappa shape index (κ1) is 24.8. The van der Waals surface area contributed by atoms with Gasteiger partial charge in [0.2, 0.25) is 0 Å². The average Bonchev–Trinajstić information content (AvgIpc) is 3.35. The number of aromatic nitrogens is 4. The number of hydrogen-bond acceptors (Lipinski definition) is 4. The Hall–Kier alpha value is -4.96. The third-order valence-corrected chi connectivity index (χ3v) is 9.23. The fourth-order valence-corrected chi connectivity index (χ4v) is 7.33. The maximum absolute atomic E-state index is 4.34. The molecule has 0 aliphatic heterocycles. The Morgan fingerprint density at radius 1 is 0.429 bits per heavy atom. The molecule has 0 unspecified atom stereocenters. The average molecular weight is 543 g/mol. The third kappa shape index (κ3) is 4.06. The highest BCUT2D eigenvalue weighted by Crippen LogP contribution is 2.58. The summed E-state index contributed by atoms with van der Waals surface area (Å²) in [5, 5.41) is 0. The van der Waals surface area contributed by atoms with Gasteiger partial charge in [0.1, 0.15) is 12.7 Å². The van der Waals surface area contributed by atoms with E-state index in [1.165, 1.54) is 65.5 Å². The van der Waals surface area contributed by atoms with Gasteiger partial charge in [0.05, 0.1) is 0 Å². The first-order valence-electron chi connectivity index (χ1n) is 14.8. The quantitative estimate of drug-likeness (QED) is 0.223. The maximum Gasteiger partial charge on any atom is 0.115 e. The minimum absolute atomic E-state index is 0.125. The van der Waals surface area contributed by atoms with Crippen molar-refractivity contribution in [3.8, 4) is 55.6 Å². The molecule has 4 nitrogen and oxygen atoms in total. The lowest BCUT2D eigenvalue weighted by atomic mass is 9.68. The van der Waals surface area contributed by atoms with Crippen molar-refractivity contribution in [2.75, 3.05) is 0 Å². The molecule has 4 aromatic carbocycles. The molecule has 4 heteroatoms. The van der Waals surface area contributed by atoms with Crippen molar-refractivity contribution in [2.24, 2.45) is 0 Å². The molecule has 6 aromatic rings. The molecule has 1 saturated carbocycles. The van der Waals surface area contributed by atoms with Crippen LogP contribution in [0.1, 0.15) is 43.2 Å². The fraction of sp³-hybridized carbons (Fsp3) is 0.158. The summed E-state index contributed by atoms with van der Waals surface area (Å²) in [5.41, 5.74) is 14.9. The predicted octanol–water partition coefficient (Wildman–Crippen LogP) is 9.17. The second-order valence-electron chi connectivity index (χ2n) is 11.6. The molecule has 0 amide bonds. The monoisotopic (exact) mass is 542 g/mol. The van der Waals surface area contributed by atoms with Crippen LogP contribution in [0.4, 0.5) is 0 Å². The standard InChI is InChI=1S/C38H30N4/c1-4-14-38(15-5-1)35-12-3-2-10-34(35)37-33(11-7-13-36(37)38)30-18-28(17-29(19-30)32-22-41-25-42-23-32)26-8-6-9-27(16-26)31-20-39-24-40-21-31/h2-3,6-13,16-25H,1,4-5,14-15H2. The van der Waals surface area contributed by atoms with Crippen molar-refractivity contribution >= 4 is 0 Å². The molecule has 0 atom stereocenters. The van der Waals surface area contributed by atoms with Gasteiger partial charge in [0.15, 0.2) is 0 Å². The molecule has 2 aliphatic carbocycles. The summed E-state index contributed by atoms with van der Waals surface area (Å²) in [4.78, 5) is 17.1. The summed E-state index contributed by atoms with van der Waals surface area (Å²) in [5.74, 6) is 0. The van der Waals surface area contributed by atoms with Gasteiger partial charge in [-0.15, -0.1) is 0 Å². The van der Waals surface area contributed by atoms with Crippen LogP contribution >= 0.6 is 0 Å². The lowest BCUT2D eigenvalue weighted by molar-refractivity contribution is 0.353. The highest BCUT2D eigenvalue weighted by molar-refractivity contribution is 5.95. The van der Waals surface area contributed by atoms with E-state index in [-0.39, 0.29) is 5.41 Å². The molecule has 0 bridgehead atoms. The summed E-state index contributed by atoms with van der Waals surface area (Å²) >= 11 is 0. The zero-order chi connectivity index (χ0) is 27.9. The molecule has 2 heterocycles. The maximum atomic E-state index is 4.34. The molecule has 42 heavy (non-hydrogen) atoms. The lowest BCUT2D eigenvalue weighted by Crippen LogP contribution is -2.27. The van der Waals surface area contributed by atoms with Crippen LogP contribution in [0.3, 0.4) is 0 Å². The van der Waals surface area contributed by atoms with E-state index in [1.807, 2.05) is 24.8 Å². The number of nitrogens with zero attached hydrogens (tertiary/aromatic N) is 4.